The molecule has 110 valence electrons. The van der Waals surface area contributed by atoms with Crippen molar-refractivity contribution in [2.75, 3.05) is 20.1 Å². The molecule has 3 rings (SSSR count). The Morgan fingerprint density at radius 2 is 2.10 bits per heavy atom. The lowest BCUT2D eigenvalue weighted by atomic mass is 9.82. The monoisotopic (exact) mass is 292 g/mol. The highest BCUT2D eigenvalue weighted by molar-refractivity contribution is 7.11. The second kappa shape index (κ2) is 6.12. The third kappa shape index (κ3) is 2.97. The van der Waals surface area contributed by atoms with Gasteiger partial charge in [0.15, 0.2) is 5.96 Å². The summed E-state index contributed by atoms with van der Waals surface area (Å²) in [6, 6.07) is 0. The lowest BCUT2D eigenvalue weighted by molar-refractivity contribution is 0.299. The Hall–Kier alpha value is -1.10. The minimum Gasteiger partial charge on any atom is -0.350 e. The molecule has 1 N–H and O–H groups in total. The normalized spacial score (nSPS) is 26.7. The van der Waals surface area contributed by atoms with Gasteiger partial charge in [-0.25, -0.2) is 4.98 Å². The molecule has 4 nitrogen and oxygen atoms in total. The molecule has 20 heavy (non-hydrogen) atoms. The van der Waals surface area contributed by atoms with Crippen molar-refractivity contribution in [3.63, 3.8) is 0 Å². The maximum Gasteiger partial charge on any atom is 0.194 e. The Balaban J connectivity index is 1.57. The summed E-state index contributed by atoms with van der Waals surface area (Å²) in [5.41, 5.74) is 0. The van der Waals surface area contributed by atoms with Crippen LogP contribution in [0.15, 0.2) is 11.2 Å². The number of aliphatic imine (C=N–C) groups is 1. The molecular formula is C15H24N4S. The predicted molar refractivity (Wildman–Crippen MR) is 84.1 cm³/mol. The molecule has 0 aromatic carbocycles. The van der Waals surface area contributed by atoms with E-state index in [0.29, 0.717) is 0 Å². The molecular weight excluding hydrogens is 268 g/mol. The summed E-state index contributed by atoms with van der Waals surface area (Å²) >= 11 is 1.76. The number of aromatic nitrogens is 1. The van der Waals surface area contributed by atoms with Crippen LogP contribution in [0.4, 0.5) is 0 Å². The molecule has 1 saturated carbocycles. The van der Waals surface area contributed by atoms with Crippen molar-refractivity contribution < 1.29 is 0 Å². The number of nitrogens with one attached hydrogen (secondary N) is 1. The van der Waals surface area contributed by atoms with Crippen molar-refractivity contribution in [2.24, 2.45) is 16.8 Å². The van der Waals surface area contributed by atoms with Gasteiger partial charge in [-0.05, 0) is 31.6 Å². The number of hydrogen-bond donors (Lipinski definition) is 1. The minimum absolute atomic E-state index is 0.789. The molecule has 1 aromatic rings. The molecule has 2 heterocycles. The molecule has 2 aliphatic rings. The van der Waals surface area contributed by atoms with Crippen LogP contribution in [-0.2, 0) is 6.54 Å². The highest BCUT2D eigenvalue weighted by Crippen LogP contribution is 2.35. The maximum absolute atomic E-state index is 4.46. The van der Waals surface area contributed by atoms with Gasteiger partial charge in [-0.3, -0.25) is 4.99 Å². The van der Waals surface area contributed by atoms with Crippen molar-refractivity contribution >= 4 is 17.3 Å². The summed E-state index contributed by atoms with van der Waals surface area (Å²) in [6.45, 7) is 5.25. The van der Waals surface area contributed by atoms with Crippen LogP contribution in [0.5, 0.6) is 0 Å². The van der Waals surface area contributed by atoms with Gasteiger partial charge in [0.25, 0.3) is 0 Å². The Morgan fingerprint density at radius 1 is 1.40 bits per heavy atom. The number of aryl methyl sites for hydroxylation is 1. The fourth-order valence-electron chi connectivity index (χ4n) is 3.55. The highest BCUT2D eigenvalue weighted by Gasteiger charge is 2.35. The smallest absolute Gasteiger partial charge is 0.194 e. The highest BCUT2D eigenvalue weighted by atomic mass is 32.1. The quantitative estimate of drug-likeness (QED) is 0.673. The SMILES string of the molecule is CN=C(NCc1ncc(C)s1)N1CC2CCCCC2C1. The van der Waals surface area contributed by atoms with Crippen molar-refractivity contribution in [2.45, 2.75) is 39.2 Å². The van der Waals surface area contributed by atoms with Crippen molar-refractivity contribution in [3.05, 3.63) is 16.1 Å². The molecule has 2 unspecified atom stereocenters. The molecule has 2 atom stereocenters. The second-order valence-corrected chi connectivity index (χ2v) is 7.29. The van der Waals surface area contributed by atoms with Crippen LogP contribution in [0.1, 0.15) is 35.6 Å². The van der Waals surface area contributed by atoms with Crippen molar-refractivity contribution in [1.29, 1.82) is 0 Å². The van der Waals surface area contributed by atoms with Crippen LogP contribution in [0.2, 0.25) is 0 Å². The topological polar surface area (TPSA) is 40.5 Å². The second-order valence-electron chi connectivity index (χ2n) is 5.98. The lowest BCUT2D eigenvalue weighted by Gasteiger charge is -2.22. The first-order chi connectivity index (χ1) is 9.76. The van der Waals surface area contributed by atoms with Gasteiger partial charge < -0.3 is 10.2 Å². The first-order valence-corrected chi connectivity index (χ1v) is 8.45. The van der Waals surface area contributed by atoms with Crippen molar-refractivity contribution in [1.82, 2.24) is 15.2 Å². The zero-order valence-electron chi connectivity index (χ0n) is 12.4. The van der Waals surface area contributed by atoms with Gasteiger partial charge >= 0.3 is 0 Å². The van der Waals surface area contributed by atoms with E-state index in [4.69, 9.17) is 0 Å². The van der Waals surface area contributed by atoms with E-state index in [1.165, 1.54) is 43.6 Å². The van der Waals surface area contributed by atoms with E-state index in [2.05, 4.69) is 27.1 Å². The lowest BCUT2D eigenvalue weighted by Crippen LogP contribution is -2.39. The number of likely N-dealkylation sites (tertiary alicyclic amines) is 1. The first kappa shape index (κ1) is 13.9. The van der Waals surface area contributed by atoms with Gasteiger partial charge in [0.1, 0.15) is 5.01 Å². The van der Waals surface area contributed by atoms with Crippen LogP contribution in [0.3, 0.4) is 0 Å². The average molecular weight is 292 g/mol. The fourth-order valence-corrected chi connectivity index (χ4v) is 4.28. The van der Waals surface area contributed by atoms with Gasteiger partial charge in [-0.15, -0.1) is 11.3 Å². The van der Waals surface area contributed by atoms with Gasteiger partial charge in [0.2, 0.25) is 0 Å². The summed E-state index contributed by atoms with van der Waals surface area (Å²) in [5, 5.41) is 4.61. The van der Waals surface area contributed by atoms with Crippen LogP contribution in [0, 0.1) is 18.8 Å². The van der Waals surface area contributed by atoms with Gasteiger partial charge in [0, 0.05) is 31.2 Å². The van der Waals surface area contributed by atoms with E-state index in [1.807, 2.05) is 13.2 Å². The van der Waals surface area contributed by atoms with Crippen LogP contribution < -0.4 is 5.32 Å². The summed E-state index contributed by atoms with van der Waals surface area (Å²) in [4.78, 5) is 12.6. The minimum atomic E-state index is 0.789. The zero-order valence-corrected chi connectivity index (χ0v) is 13.2. The molecule has 0 amide bonds. The van der Waals surface area contributed by atoms with Crippen LogP contribution in [0.25, 0.3) is 0 Å². The van der Waals surface area contributed by atoms with Crippen LogP contribution >= 0.6 is 11.3 Å². The molecule has 0 bridgehead atoms. The molecule has 1 aliphatic carbocycles. The summed E-state index contributed by atoms with van der Waals surface area (Å²) in [6.07, 6.45) is 7.58. The van der Waals surface area contributed by atoms with E-state index in [0.717, 1.165) is 29.3 Å². The summed E-state index contributed by atoms with van der Waals surface area (Å²) < 4.78 is 0. The maximum atomic E-state index is 4.46. The third-order valence-electron chi connectivity index (χ3n) is 4.55. The standard InChI is InChI=1S/C15H24N4S/c1-11-7-17-14(20-11)8-18-15(16-2)19-9-12-5-3-4-6-13(12)10-19/h7,12-13H,3-6,8-10H2,1-2H3,(H,16,18). The number of guanidine groups is 1. The first-order valence-electron chi connectivity index (χ1n) is 7.63. The average Bonchev–Trinajstić information content (AvgIpc) is 3.05. The van der Waals surface area contributed by atoms with Gasteiger partial charge in [-0.2, -0.15) is 0 Å². The van der Waals surface area contributed by atoms with Crippen molar-refractivity contribution in [3.8, 4) is 0 Å². The summed E-state index contributed by atoms with van der Waals surface area (Å²) in [7, 11) is 1.89. The van der Waals surface area contributed by atoms with Crippen LogP contribution in [-0.4, -0.2) is 36.0 Å². The summed E-state index contributed by atoms with van der Waals surface area (Å²) in [5.74, 6) is 2.83. The molecule has 0 radical (unpaired) electrons. The van der Waals surface area contributed by atoms with Gasteiger partial charge in [-0.1, -0.05) is 12.8 Å². The molecule has 1 aromatic heterocycles. The molecule has 1 aliphatic heterocycles. The molecule has 2 fully saturated rings. The Bertz CT molecular complexity index is 468. The third-order valence-corrected chi connectivity index (χ3v) is 5.47. The van der Waals surface area contributed by atoms with E-state index >= 15 is 0 Å². The predicted octanol–water partition coefficient (Wildman–Crippen LogP) is 2.65. The zero-order chi connectivity index (χ0) is 13.9. The molecule has 1 saturated heterocycles. The molecule has 0 spiro atoms. The largest absolute Gasteiger partial charge is 0.350 e. The Kier molecular flexibility index (Phi) is 4.24. The molecule has 5 heteroatoms. The number of hydrogen-bond acceptors (Lipinski definition) is 3. The number of nitrogens with zero attached hydrogens (tertiary/aromatic N) is 3. The van der Waals surface area contributed by atoms with E-state index in [9.17, 15) is 0 Å². The number of thiazole rings is 1. The fraction of sp³-hybridized carbons (Fsp3) is 0.733. The number of fused-ring (bicyclic) bond motifs is 1. The van der Waals surface area contributed by atoms with Gasteiger partial charge in [0.05, 0.1) is 6.54 Å². The Labute approximate surface area is 125 Å². The van der Waals surface area contributed by atoms with E-state index in [1.54, 1.807) is 11.3 Å². The van der Waals surface area contributed by atoms with E-state index in [-0.39, 0.29) is 0 Å². The van der Waals surface area contributed by atoms with E-state index < -0.39 is 0 Å². The Morgan fingerprint density at radius 3 is 2.65 bits per heavy atom. The number of rotatable bonds is 2.